The lowest BCUT2D eigenvalue weighted by Crippen LogP contribution is -2.32. The molecule has 0 spiro atoms. The van der Waals surface area contributed by atoms with Gasteiger partial charge in [-0.25, -0.2) is 0 Å². The van der Waals surface area contributed by atoms with E-state index >= 15 is 0 Å². The summed E-state index contributed by atoms with van der Waals surface area (Å²) in [6.07, 6.45) is 5.68. The number of unbranched alkanes of at least 4 members (excludes halogenated alkanes) is 1. The van der Waals surface area contributed by atoms with Gasteiger partial charge in [0, 0.05) is 19.6 Å². The van der Waals surface area contributed by atoms with Gasteiger partial charge in [0.2, 0.25) is 0 Å². The van der Waals surface area contributed by atoms with E-state index in [2.05, 4.69) is 106 Å². The van der Waals surface area contributed by atoms with Crippen LogP contribution in [0.3, 0.4) is 0 Å². The Morgan fingerprint density at radius 2 is 0.641 bits per heavy atom. The minimum absolute atomic E-state index is 0.748. The third-order valence-electron chi connectivity index (χ3n) is 7.25. The fraction of sp³-hybridized carbons (Fsp3) is 0.471. The molecule has 5 nitrogen and oxygen atoms in total. The fourth-order valence-corrected chi connectivity index (χ4v) is 5.15. The predicted octanol–water partition coefficient (Wildman–Crippen LogP) is 5.36. The van der Waals surface area contributed by atoms with Crippen molar-refractivity contribution in [3.05, 3.63) is 108 Å². The first kappa shape index (κ1) is 31.0. The minimum atomic E-state index is 0.748. The molecule has 0 saturated carbocycles. The molecule has 39 heavy (non-hydrogen) atoms. The molecule has 0 aliphatic carbocycles. The van der Waals surface area contributed by atoms with Crippen LogP contribution in [0.25, 0.3) is 0 Å². The average molecular weight is 530 g/mol. The molecule has 0 aliphatic rings. The molecule has 0 bridgehead atoms. The maximum Gasteiger partial charge on any atom is 0.0233 e. The van der Waals surface area contributed by atoms with Crippen molar-refractivity contribution in [2.75, 3.05) is 52.4 Å². The molecule has 0 atom stereocenters. The molecule has 0 aliphatic heterocycles. The van der Waals surface area contributed by atoms with Crippen molar-refractivity contribution in [2.24, 2.45) is 11.5 Å². The van der Waals surface area contributed by atoms with E-state index in [0.29, 0.717) is 0 Å². The quantitative estimate of drug-likeness (QED) is 0.182. The van der Waals surface area contributed by atoms with Gasteiger partial charge >= 0.3 is 0 Å². The summed E-state index contributed by atoms with van der Waals surface area (Å²) < 4.78 is 0. The van der Waals surface area contributed by atoms with Crippen molar-refractivity contribution in [1.29, 1.82) is 0 Å². The summed E-state index contributed by atoms with van der Waals surface area (Å²) in [5, 5.41) is 0. The van der Waals surface area contributed by atoms with E-state index in [1.807, 2.05) is 0 Å². The largest absolute Gasteiger partial charge is 0.330 e. The Hall–Kier alpha value is -2.54. The van der Waals surface area contributed by atoms with Crippen LogP contribution in [0.5, 0.6) is 0 Å². The second-order valence-corrected chi connectivity index (χ2v) is 10.6. The highest BCUT2D eigenvalue weighted by molar-refractivity contribution is 5.16. The number of benzene rings is 3. The zero-order chi connectivity index (χ0) is 27.4. The summed E-state index contributed by atoms with van der Waals surface area (Å²) in [5.74, 6) is 0. The third kappa shape index (κ3) is 13.4. The summed E-state index contributed by atoms with van der Waals surface area (Å²) in [6.45, 7) is 11.1. The van der Waals surface area contributed by atoms with Crippen molar-refractivity contribution in [2.45, 2.75) is 51.7 Å². The number of hydrogen-bond donors (Lipinski definition) is 2. The summed E-state index contributed by atoms with van der Waals surface area (Å²) >= 11 is 0. The first-order valence-electron chi connectivity index (χ1n) is 15.0. The molecule has 0 radical (unpaired) electrons. The lowest BCUT2D eigenvalue weighted by Gasteiger charge is -2.27. The van der Waals surface area contributed by atoms with Gasteiger partial charge in [-0.15, -0.1) is 0 Å². The zero-order valence-electron chi connectivity index (χ0n) is 24.0. The Bertz CT molecular complexity index is 967. The molecule has 0 aromatic heterocycles. The Labute approximate surface area is 237 Å². The smallest absolute Gasteiger partial charge is 0.0233 e. The van der Waals surface area contributed by atoms with Crippen LogP contribution >= 0.6 is 0 Å². The van der Waals surface area contributed by atoms with Crippen LogP contribution < -0.4 is 11.5 Å². The van der Waals surface area contributed by atoms with Crippen molar-refractivity contribution in [3.8, 4) is 0 Å². The Morgan fingerprint density at radius 3 is 0.949 bits per heavy atom. The minimum Gasteiger partial charge on any atom is -0.330 e. The van der Waals surface area contributed by atoms with E-state index < -0.39 is 0 Å². The van der Waals surface area contributed by atoms with Crippen LogP contribution in [0.2, 0.25) is 0 Å². The van der Waals surface area contributed by atoms with E-state index in [1.165, 1.54) is 36.0 Å². The first-order valence-corrected chi connectivity index (χ1v) is 15.0. The van der Waals surface area contributed by atoms with E-state index in [9.17, 15) is 0 Å². The highest BCUT2D eigenvalue weighted by Crippen LogP contribution is 2.11. The van der Waals surface area contributed by atoms with E-state index in [4.69, 9.17) is 11.5 Å². The second kappa shape index (κ2) is 19.5. The van der Waals surface area contributed by atoms with Gasteiger partial charge < -0.3 is 11.5 Å². The normalized spacial score (nSPS) is 11.6. The van der Waals surface area contributed by atoms with Crippen LogP contribution in [0.1, 0.15) is 48.8 Å². The number of hydrogen-bond acceptors (Lipinski definition) is 5. The molecule has 3 aromatic carbocycles. The Balaban J connectivity index is 1.50. The van der Waals surface area contributed by atoms with Crippen molar-refractivity contribution < 1.29 is 0 Å². The predicted molar refractivity (Wildman–Crippen MR) is 166 cm³/mol. The van der Waals surface area contributed by atoms with Gasteiger partial charge in [0.25, 0.3) is 0 Å². The lowest BCUT2D eigenvalue weighted by atomic mass is 10.1. The van der Waals surface area contributed by atoms with Gasteiger partial charge in [0.1, 0.15) is 0 Å². The molecule has 0 fully saturated rings. The van der Waals surface area contributed by atoms with Crippen molar-refractivity contribution in [1.82, 2.24) is 14.7 Å². The SMILES string of the molecule is NCCCN(CCCCN(CCCN(CCCN)Cc1ccccc1)Cc1ccccc1)Cc1ccccc1. The van der Waals surface area contributed by atoms with E-state index in [1.54, 1.807) is 0 Å². The van der Waals surface area contributed by atoms with Crippen molar-refractivity contribution >= 4 is 0 Å². The standard InChI is InChI=1S/C34H51N5/c35-21-12-25-37(29-32-15-4-1-5-16-32)23-10-11-24-38(30-33-17-6-2-7-18-33)27-14-28-39(26-13-22-36)31-34-19-8-3-9-20-34/h1-9,15-20H,10-14,21-31,35-36H2. The third-order valence-corrected chi connectivity index (χ3v) is 7.25. The highest BCUT2D eigenvalue weighted by atomic mass is 15.1. The molecule has 0 unspecified atom stereocenters. The summed E-state index contributed by atoms with van der Waals surface area (Å²) in [5.41, 5.74) is 15.8. The fourth-order valence-electron chi connectivity index (χ4n) is 5.15. The maximum atomic E-state index is 5.85. The molecule has 0 amide bonds. The van der Waals surface area contributed by atoms with E-state index in [-0.39, 0.29) is 0 Å². The molecule has 4 N–H and O–H groups in total. The summed E-state index contributed by atoms with van der Waals surface area (Å²) in [6, 6.07) is 32.6. The van der Waals surface area contributed by atoms with Crippen molar-refractivity contribution in [3.63, 3.8) is 0 Å². The number of nitrogens with zero attached hydrogens (tertiary/aromatic N) is 3. The summed E-state index contributed by atoms with van der Waals surface area (Å²) in [7, 11) is 0. The molecule has 0 saturated heterocycles. The summed E-state index contributed by atoms with van der Waals surface area (Å²) in [4.78, 5) is 7.80. The van der Waals surface area contributed by atoms with Crippen LogP contribution in [-0.2, 0) is 19.6 Å². The highest BCUT2D eigenvalue weighted by Gasteiger charge is 2.11. The molecule has 0 heterocycles. The molecule has 5 heteroatoms. The Morgan fingerprint density at radius 1 is 0.359 bits per heavy atom. The van der Waals surface area contributed by atoms with Gasteiger partial charge in [-0.05, 0) is 101 Å². The zero-order valence-corrected chi connectivity index (χ0v) is 24.0. The second-order valence-electron chi connectivity index (χ2n) is 10.6. The monoisotopic (exact) mass is 529 g/mol. The molecule has 3 rings (SSSR count). The van der Waals surface area contributed by atoms with Gasteiger partial charge in [0.15, 0.2) is 0 Å². The first-order chi connectivity index (χ1) is 19.3. The molecule has 3 aromatic rings. The lowest BCUT2D eigenvalue weighted by molar-refractivity contribution is 0.206. The van der Waals surface area contributed by atoms with Crippen LogP contribution in [0, 0.1) is 0 Å². The van der Waals surface area contributed by atoms with Gasteiger partial charge in [0.05, 0.1) is 0 Å². The van der Waals surface area contributed by atoms with Crippen LogP contribution in [0.4, 0.5) is 0 Å². The molecule has 212 valence electrons. The number of rotatable bonds is 21. The van der Waals surface area contributed by atoms with E-state index in [0.717, 1.165) is 84.8 Å². The Kier molecular flexibility index (Phi) is 15.5. The molecular weight excluding hydrogens is 478 g/mol. The van der Waals surface area contributed by atoms with Gasteiger partial charge in [-0.3, -0.25) is 14.7 Å². The van der Waals surface area contributed by atoms with Gasteiger partial charge in [-0.1, -0.05) is 91.0 Å². The van der Waals surface area contributed by atoms with Crippen LogP contribution in [0.15, 0.2) is 91.0 Å². The van der Waals surface area contributed by atoms with Crippen LogP contribution in [-0.4, -0.2) is 67.1 Å². The average Bonchev–Trinajstić information content (AvgIpc) is 2.98. The van der Waals surface area contributed by atoms with Gasteiger partial charge in [-0.2, -0.15) is 0 Å². The molecular formula is C34H51N5. The maximum absolute atomic E-state index is 5.85. The topological polar surface area (TPSA) is 61.8 Å². The number of nitrogens with two attached hydrogens (primary N) is 2.